The lowest BCUT2D eigenvalue weighted by molar-refractivity contribution is 0.369. The van der Waals surface area contributed by atoms with Gasteiger partial charge in [-0.05, 0) is 25.1 Å². The van der Waals surface area contributed by atoms with Gasteiger partial charge >= 0.3 is 0 Å². The average Bonchev–Trinajstić information content (AvgIpc) is 3.05. The normalized spacial score (nSPS) is 14.9. The number of aliphatic imine (C=N–C) groups is 1. The Morgan fingerprint density at radius 1 is 1.11 bits per heavy atom. The van der Waals surface area contributed by atoms with Gasteiger partial charge in [-0.2, -0.15) is 0 Å². The number of benzene rings is 1. The molecule has 0 radical (unpaired) electrons. The molecule has 2 aromatic heterocycles. The quantitative estimate of drug-likeness (QED) is 0.345. The van der Waals surface area contributed by atoms with E-state index in [0.717, 1.165) is 49.3 Å². The molecule has 0 unspecified atom stereocenters. The van der Waals surface area contributed by atoms with Gasteiger partial charge in [-0.25, -0.2) is 4.98 Å². The van der Waals surface area contributed by atoms with Crippen LogP contribution in [0.1, 0.15) is 11.3 Å². The molecule has 1 fully saturated rings. The standard InChI is InChI=1S/C21H25N5O.HI/c1-16-17-7-3-4-8-18(17)27-19(16)15-24-21(22-2)26-13-11-25(12-14-26)20-9-5-6-10-23-20;/h3-10H,11-15H2,1-2H3,(H,22,24);1H. The van der Waals surface area contributed by atoms with Gasteiger partial charge in [0.25, 0.3) is 0 Å². The van der Waals surface area contributed by atoms with Crippen molar-refractivity contribution >= 4 is 46.7 Å². The minimum atomic E-state index is 0. The van der Waals surface area contributed by atoms with E-state index in [4.69, 9.17) is 4.42 Å². The number of guanidine groups is 1. The maximum absolute atomic E-state index is 6.00. The number of nitrogens with one attached hydrogen (secondary N) is 1. The first kappa shape index (κ1) is 20.4. The summed E-state index contributed by atoms with van der Waals surface area (Å²) in [5, 5.41) is 4.63. The number of rotatable bonds is 3. The van der Waals surface area contributed by atoms with Gasteiger partial charge in [0.15, 0.2) is 5.96 Å². The fourth-order valence-corrected chi connectivity index (χ4v) is 3.57. The summed E-state index contributed by atoms with van der Waals surface area (Å²) in [6, 6.07) is 14.2. The topological polar surface area (TPSA) is 56.9 Å². The van der Waals surface area contributed by atoms with E-state index < -0.39 is 0 Å². The third kappa shape index (κ3) is 4.24. The molecule has 1 N–H and O–H groups in total. The number of aryl methyl sites for hydroxylation is 1. The molecule has 7 heteroatoms. The Kier molecular flexibility index (Phi) is 6.77. The molecule has 0 bridgehead atoms. The second kappa shape index (κ2) is 9.27. The second-order valence-electron chi connectivity index (χ2n) is 6.71. The first-order valence-corrected chi connectivity index (χ1v) is 9.35. The molecule has 6 nitrogen and oxygen atoms in total. The molecule has 3 aromatic rings. The number of piperazine rings is 1. The number of para-hydroxylation sites is 1. The lowest BCUT2D eigenvalue weighted by atomic mass is 10.1. The summed E-state index contributed by atoms with van der Waals surface area (Å²) in [6.07, 6.45) is 1.85. The molecule has 1 aliphatic heterocycles. The van der Waals surface area contributed by atoms with Crippen LogP contribution < -0.4 is 10.2 Å². The summed E-state index contributed by atoms with van der Waals surface area (Å²) in [7, 11) is 1.83. The van der Waals surface area contributed by atoms with Crippen molar-refractivity contribution < 1.29 is 4.42 Å². The number of halogens is 1. The van der Waals surface area contributed by atoms with Gasteiger partial charge in [0.05, 0.1) is 6.54 Å². The van der Waals surface area contributed by atoms with Gasteiger partial charge in [0.2, 0.25) is 0 Å². The van der Waals surface area contributed by atoms with Crippen LogP contribution in [0.2, 0.25) is 0 Å². The highest BCUT2D eigenvalue weighted by atomic mass is 127. The monoisotopic (exact) mass is 491 g/mol. The summed E-state index contributed by atoms with van der Waals surface area (Å²) >= 11 is 0. The molecule has 0 amide bonds. The van der Waals surface area contributed by atoms with Crippen molar-refractivity contribution in [2.45, 2.75) is 13.5 Å². The Bertz CT molecular complexity index is 932. The van der Waals surface area contributed by atoms with Crippen LogP contribution in [-0.4, -0.2) is 49.1 Å². The zero-order valence-corrected chi connectivity index (χ0v) is 18.6. The summed E-state index contributed by atoms with van der Waals surface area (Å²) < 4.78 is 6.00. The van der Waals surface area contributed by atoms with Crippen LogP contribution in [0.5, 0.6) is 0 Å². The third-order valence-corrected chi connectivity index (χ3v) is 5.11. The van der Waals surface area contributed by atoms with Gasteiger partial charge in [-0.1, -0.05) is 24.3 Å². The number of nitrogens with zero attached hydrogens (tertiary/aromatic N) is 4. The predicted molar refractivity (Wildman–Crippen MR) is 125 cm³/mol. The van der Waals surface area contributed by atoms with E-state index in [2.05, 4.69) is 44.1 Å². The van der Waals surface area contributed by atoms with E-state index >= 15 is 0 Å². The maximum Gasteiger partial charge on any atom is 0.194 e. The molecule has 1 aromatic carbocycles. The molecule has 1 saturated heterocycles. The third-order valence-electron chi connectivity index (χ3n) is 5.11. The largest absolute Gasteiger partial charge is 0.459 e. The number of pyridine rings is 1. The van der Waals surface area contributed by atoms with Crippen LogP contribution in [0.3, 0.4) is 0 Å². The van der Waals surface area contributed by atoms with E-state index in [0.29, 0.717) is 6.54 Å². The van der Waals surface area contributed by atoms with Crippen molar-refractivity contribution in [2.75, 3.05) is 38.1 Å². The van der Waals surface area contributed by atoms with Crippen molar-refractivity contribution in [3.05, 3.63) is 60.0 Å². The average molecular weight is 491 g/mol. The number of aromatic nitrogens is 1. The van der Waals surface area contributed by atoms with Crippen molar-refractivity contribution in [2.24, 2.45) is 4.99 Å². The molecule has 0 atom stereocenters. The highest BCUT2D eigenvalue weighted by Gasteiger charge is 2.21. The Balaban J connectivity index is 0.00000225. The van der Waals surface area contributed by atoms with E-state index in [9.17, 15) is 0 Å². The summed E-state index contributed by atoms with van der Waals surface area (Å²) in [6.45, 7) is 6.43. The zero-order valence-electron chi connectivity index (χ0n) is 16.3. The van der Waals surface area contributed by atoms with Gasteiger partial charge in [-0.15, -0.1) is 24.0 Å². The zero-order chi connectivity index (χ0) is 18.6. The molecule has 28 heavy (non-hydrogen) atoms. The SMILES string of the molecule is CN=C(NCc1oc2ccccc2c1C)N1CCN(c2ccccn2)CC1.I. The first-order chi connectivity index (χ1) is 13.3. The molecule has 0 saturated carbocycles. The highest BCUT2D eigenvalue weighted by molar-refractivity contribution is 14.0. The van der Waals surface area contributed by atoms with Crippen molar-refractivity contribution in [3.63, 3.8) is 0 Å². The summed E-state index contributed by atoms with van der Waals surface area (Å²) in [4.78, 5) is 13.5. The molecule has 148 valence electrons. The number of furan rings is 1. The Morgan fingerprint density at radius 3 is 2.54 bits per heavy atom. The second-order valence-corrected chi connectivity index (χ2v) is 6.71. The van der Waals surface area contributed by atoms with Crippen LogP contribution in [0.25, 0.3) is 11.0 Å². The number of hydrogen-bond acceptors (Lipinski definition) is 4. The lowest BCUT2D eigenvalue weighted by Crippen LogP contribution is -2.52. The Morgan fingerprint density at radius 2 is 1.86 bits per heavy atom. The molecule has 0 spiro atoms. The molecule has 0 aliphatic carbocycles. The molecule has 4 rings (SSSR count). The van der Waals surface area contributed by atoms with E-state index in [-0.39, 0.29) is 24.0 Å². The number of anilines is 1. The number of hydrogen-bond donors (Lipinski definition) is 1. The molecular weight excluding hydrogens is 465 g/mol. The first-order valence-electron chi connectivity index (χ1n) is 9.35. The van der Waals surface area contributed by atoms with Gasteiger partial charge in [-0.3, -0.25) is 4.99 Å². The Labute approximate surface area is 182 Å². The van der Waals surface area contributed by atoms with Crippen LogP contribution in [0.4, 0.5) is 5.82 Å². The highest BCUT2D eigenvalue weighted by Crippen LogP contribution is 2.24. The van der Waals surface area contributed by atoms with Gasteiger partial charge in [0, 0.05) is 50.4 Å². The molecule has 3 heterocycles. The maximum atomic E-state index is 6.00. The Hall–Kier alpha value is -2.29. The minimum absolute atomic E-state index is 0. The number of fused-ring (bicyclic) bond motifs is 1. The van der Waals surface area contributed by atoms with Gasteiger partial charge in [0.1, 0.15) is 17.2 Å². The van der Waals surface area contributed by atoms with Crippen molar-refractivity contribution in [1.29, 1.82) is 0 Å². The van der Waals surface area contributed by atoms with Crippen molar-refractivity contribution in [3.8, 4) is 0 Å². The van der Waals surface area contributed by atoms with Crippen molar-refractivity contribution in [1.82, 2.24) is 15.2 Å². The van der Waals surface area contributed by atoms with E-state index in [1.807, 2.05) is 43.6 Å². The summed E-state index contributed by atoms with van der Waals surface area (Å²) in [5.74, 6) is 2.91. The van der Waals surface area contributed by atoms with Crippen LogP contribution in [-0.2, 0) is 6.54 Å². The van der Waals surface area contributed by atoms with Crippen LogP contribution in [0.15, 0.2) is 58.1 Å². The fourth-order valence-electron chi connectivity index (χ4n) is 3.57. The minimum Gasteiger partial charge on any atom is -0.459 e. The van der Waals surface area contributed by atoms with Crippen LogP contribution in [0, 0.1) is 6.92 Å². The fraction of sp³-hybridized carbons (Fsp3) is 0.333. The van der Waals surface area contributed by atoms with Gasteiger partial charge < -0.3 is 19.5 Å². The van der Waals surface area contributed by atoms with E-state index in [1.54, 1.807) is 0 Å². The molecule has 1 aliphatic rings. The smallest absolute Gasteiger partial charge is 0.194 e. The predicted octanol–water partition coefficient (Wildman–Crippen LogP) is 3.65. The summed E-state index contributed by atoms with van der Waals surface area (Å²) in [5.41, 5.74) is 2.12. The molecular formula is C21H26IN5O. The lowest BCUT2D eigenvalue weighted by Gasteiger charge is -2.37. The van der Waals surface area contributed by atoms with Crippen LogP contribution >= 0.6 is 24.0 Å². The van der Waals surface area contributed by atoms with E-state index in [1.165, 1.54) is 10.9 Å².